The maximum absolute atomic E-state index is 11.4. The summed E-state index contributed by atoms with van der Waals surface area (Å²) in [4.78, 5) is 15.5. The molecule has 0 atom stereocenters. The third-order valence-corrected chi connectivity index (χ3v) is 1.81. The van der Waals surface area contributed by atoms with Crippen molar-refractivity contribution in [2.24, 2.45) is 0 Å². The van der Waals surface area contributed by atoms with E-state index in [-0.39, 0.29) is 5.78 Å². The molecule has 0 saturated heterocycles. The van der Waals surface area contributed by atoms with Crippen LogP contribution in [0.5, 0.6) is 0 Å². The van der Waals surface area contributed by atoms with Crippen LogP contribution >= 0.6 is 0 Å². The summed E-state index contributed by atoms with van der Waals surface area (Å²) in [5, 5.41) is 0. The van der Waals surface area contributed by atoms with E-state index in [1.807, 2.05) is 19.9 Å². The molecule has 1 rings (SSSR count). The summed E-state index contributed by atoms with van der Waals surface area (Å²) in [5.74, 6) is 0.0347. The van der Waals surface area contributed by atoms with E-state index in [2.05, 4.69) is 11.6 Å². The lowest BCUT2D eigenvalue weighted by atomic mass is 10.1. The minimum Gasteiger partial charge on any atom is -0.292 e. The summed E-state index contributed by atoms with van der Waals surface area (Å²) in [5.41, 5.74) is 2.57. The molecule has 0 fully saturated rings. The number of ketones is 1. The summed E-state index contributed by atoms with van der Waals surface area (Å²) in [6, 6.07) is 1.96. The lowest BCUT2D eigenvalue weighted by molar-refractivity contribution is 0.0990. The van der Waals surface area contributed by atoms with Crippen molar-refractivity contribution in [2.75, 3.05) is 0 Å². The van der Waals surface area contributed by atoms with Crippen LogP contribution in [0.25, 0.3) is 0 Å². The summed E-state index contributed by atoms with van der Waals surface area (Å²) in [6.45, 7) is 7.38. The van der Waals surface area contributed by atoms with Gasteiger partial charge < -0.3 is 0 Å². The Labute approximate surface area is 78.3 Å². The highest BCUT2D eigenvalue weighted by molar-refractivity contribution is 5.96. The first-order valence-electron chi connectivity index (χ1n) is 4.22. The molecular weight excluding hydrogens is 162 g/mol. The number of aromatic nitrogens is 1. The van der Waals surface area contributed by atoms with Gasteiger partial charge in [-0.25, -0.2) is 0 Å². The molecule has 2 heteroatoms. The van der Waals surface area contributed by atoms with Crippen LogP contribution in [0.4, 0.5) is 0 Å². The molecule has 2 nitrogen and oxygen atoms in total. The van der Waals surface area contributed by atoms with Gasteiger partial charge in [0.05, 0.1) is 0 Å². The molecule has 0 aliphatic carbocycles. The highest BCUT2D eigenvalue weighted by Crippen LogP contribution is 2.09. The Morgan fingerprint density at radius 3 is 2.85 bits per heavy atom. The molecule has 0 unspecified atom stereocenters. The number of nitrogens with zero attached hydrogens (tertiary/aromatic N) is 1. The van der Waals surface area contributed by atoms with E-state index in [4.69, 9.17) is 0 Å². The van der Waals surface area contributed by atoms with Crippen molar-refractivity contribution in [3.05, 3.63) is 41.7 Å². The first-order chi connectivity index (χ1) is 6.15. The number of allylic oxidation sites excluding steroid dienone is 1. The van der Waals surface area contributed by atoms with Gasteiger partial charge in [-0.1, -0.05) is 12.1 Å². The fraction of sp³-hybridized carbons (Fsp3) is 0.273. The molecule has 0 aliphatic rings. The SMILES string of the molecule is C=CCC(=O)c1ncc(C)cc1C. The predicted octanol–water partition coefficient (Wildman–Crippen LogP) is 2.46. The lowest BCUT2D eigenvalue weighted by Crippen LogP contribution is -2.03. The highest BCUT2D eigenvalue weighted by Gasteiger charge is 2.08. The normalized spacial score (nSPS) is 9.69. The van der Waals surface area contributed by atoms with Crippen LogP contribution in [0, 0.1) is 13.8 Å². The monoisotopic (exact) mass is 175 g/mol. The molecule has 0 bridgehead atoms. The van der Waals surface area contributed by atoms with E-state index in [1.54, 1.807) is 12.3 Å². The van der Waals surface area contributed by atoms with Gasteiger partial charge in [0.2, 0.25) is 0 Å². The van der Waals surface area contributed by atoms with Crippen LogP contribution in [-0.2, 0) is 0 Å². The zero-order valence-electron chi connectivity index (χ0n) is 8.00. The molecule has 0 N–H and O–H groups in total. The molecule has 0 saturated carbocycles. The molecular formula is C11H13NO. The number of hydrogen-bond acceptors (Lipinski definition) is 2. The van der Waals surface area contributed by atoms with E-state index < -0.39 is 0 Å². The molecule has 0 radical (unpaired) electrons. The molecule has 1 aromatic heterocycles. The first-order valence-corrected chi connectivity index (χ1v) is 4.22. The van der Waals surface area contributed by atoms with E-state index in [0.29, 0.717) is 12.1 Å². The minimum absolute atomic E-state index is 0.0347. The Bertz CT molecular complexity index is 342. The van der Waals surface area contributed by atoms with Crippen molar-refractivity contribution in [3.63, 3.8) is 0 Å². The van der Waals surface area contributed by atoms with Crippen LogP contribution in [0.1, 0.15) is 28.0 Å². The Morgan fingerprint density at radius 2 is 2.31 bits per heavy atom. The summed E-state index contributed by atoms with van der Waals surface area (Å²) >= 11 is 0. The van der Waals surface area contributed by atoms with Crippen molar-refractivity contribution in [1.82, 2.24) is 4.98 Å². The Hall–Kier alpha value is -1.44. The number of carbonyl (C=O) groups excluding carboxylic acids is 1. The molecule has 0 spiro atoms. The number of hydrogen-bond donors (Lipinski definition) is 0. The Balaban J connectivity index is 3.01. The standard InChI is InChI=1S/C11H13NO/c1-4-5-10(13)11-9(3)6-8(2)7-12-11/h4,6-7H,1,5H2,2-3H3. The van der Waals surface area contributed by atoms with Gasteiger partial charge in [-0.3, -0.25) is 9.78 Å². The highest BCUT2D eigenvalue weighted by atomic mass is 16.1. The quantitative estimate of drug-likeness (QED) is 0.521. The minimum atomic E-state index is 0.0347. The van der Waals surface area contributed by atoms with Gasteiger partial charge in [-0.2, -0.15) is 0 Å². The van der Waals surface area contributed by atoms with Gasteiger partial charge in [-0.05, 0) is 25.0 Å². The maximum atomic E-state index is 11.4. The van der Waals surface area contributed by atoms with Crippen LogP contribution in [0.15, 0.2) is 24.9 Å². The number of aryl methyl sites for hydroxylation is 2. The number of carbonyl (C=O) groups is 1. The molecule has 1 heterocycles. The zero-order valence-corrected chi connectivity index (χ0v) is 8.00. The van der Waals surface area contributed by atoms with E-state index in [0.717, 1.165) is 11.1 Å². The van der Waals surface area contributed by atoms with Crippen molar-refractivity contribution in [1.29, 1.82) is 0 Å². The molecule has 1 aromatic rings. The zero-order chi connectivity index (χ0) is 9.84. The average Bonchev–Trinajstić information content (AvgIpc) is 2.04. The first kappa shape index (κ1) is 9.65. The van der Waals surface area contributed by atoms with E-state index in [9.17, 15) is 4.79 Å². The van der Waals surface area contributed by atoms with Gasteiger partial charge >= 0.3 is 0 Å². The molecule has 13 heavy (non-hydrogen) atoms. The summed E-state index contributed by atoms with van der Waals surface area (Å²) in [6.07, 6.45) is 3.67. The second-order valence-electron chi connectivity index (χ2n) is 3.09. The number of rotatable bonds is 3. The Kier molecular flexibility index (Phi) is 2.96. The van der Waals surface area contributed by atoms with E-state index in [1.165, 1.54) is 0 Å². The summed E-state index contributed by atoms with van der Waals surface area (Å²) < 4.78 is 0. The van der Waals surface area contributed by atoms with Crippen molar-refractivity contribution < 1.29 is 4.79 Å². The number of pyridine rings is 1. The molecule has 0 aromatic carbocycles. The van der Waals surface area contributed by atoms with Crippen LogP contribution < -0.4 is 0 Å². The fourth-order valence-electron chi connectivity index (χ4n) is 1.23. The maximum Gasteiger partial charge on any atom is 0.185 e. The van der Waals surface area contributed by atoms with Gasteiger partial charge in [0.1, 0.15) is 5.69 Å². The second-order valence-corrected chi connectivity index (χ2v) is 3.09. The van der Waals surface area contributed by atoms with Crippen molar-refractivity contribution in [3.8, 4) is 0 Å². The van der Waals surface area contributed by atoms with Crippen LogP contribution in [0.2, 0.25) is 0 Å². The molecule has 0 amide bonds. The van der Waals surface area contributed by atoms with Crippen molar-refractivity contribution in [2.45, 2.75) is 20.3 Å². The van der Waals surface area contributed by atoms with Crippen LogP contribution in [-0.4, -0.2) is 10.8 Å². The van der Waals surface area contributed by atoms with Crippen LogP contribution in [0.3, 0.4) is 0 Å². The van der Waals surface area contributed by atoms with Gasteiger partial charge in [-0.15, -0.1) is 6.58 Å². The van der Waals surface area contributed by atoms with Crippen molar-refractivity contribution >= 4 is 5.78 Å². The Morgan fingerprint density at radius 1 is 1.62 bits per heavy atom. The van der Waals surface area contributed by atoms with Gasteiger partial charge in [0.25, 0.3) is 0 Å². The molecule has 0 aliphatic heterocycles. The topological polar surface area (TPSA) is 30.0 Å². The average molecular weight is 175 g/mol. The van der Waals surface area contributed by atoms with E-state index >= 15 is 0 Å². The molecule has 68 valence electrons. The fourth-order valence-corrected chi connectivity index (χ4v) is 1.23. The third-order valence-electron chi connectivity index (χ3n) is 1.81. The largest absolute Gasteiger partial charge is 0.292 e. The second kappa shape index (κ2) is 3.99. The van der Waals surface area contributed by atoms with Gasteiger partial charge in [0.15, 0.2) is 5.78 Å². The third kappa shape index (κ3) is 2.25. The summed E-state index contributed by atoms with van der Waals surface area (Å²) in [7, 11) is 0. The predicted molar refractivity (Wildman–Crippen MR) is 52.9 cm³/mol. The van der Waals surface area contributed by atoms with Gasteiger partial charge in [0, 0.05) is 12.6 Å². The lowest BCUT2D eigenvalue weighted by Gasteiger charge is -2.02. The number of Topliss-reactive ketones (excluding diaryl/α,β-unsaturated/α-hetero) is 1. The smallest absolute Gasteiger partial charge is 0.185 e.